The average molecular weight is 361 g/mol. The van der Waals surface area contributed by atoms with Gasteiger partial charge in [0.05, 0.1) is 18.4 Å². The number of amides is 1. The Labute approximate surface area is 136 Å². The topological polar surface area (TPSA) is 98.5 Å². The van der Waals surface area contributed by atoms with E-state index in [0.717, 1.165) is 16.9 Å². The second kappa shape index (κ2) is 6.25. The molecular formula is C13H13ClN2O4S2. The van der Waals surface area contributed by atoms with Crippen molar-refractivity contribution in [3.05, 3.63) is 39.7 Å². The summed E-state index contributed by atoms with van der Waals surface area (Å²) in [5.74, 6) is -0.0583. The molecule has 1 aromatic carbocycles. The smallest absolute Gasteiger partial charge is 0.256 e. The molecule has 0 aliphatic carbocycles. The third-order valence-electron chi connectivity index (χ3n) is 2.85. The van der Waals surface area contributed by atoms with Gasteiger partial charge in [-0.2, -0.15) is 0 Å². The molecule has 0 aliphatic heterocycles. The normalized spacial score (nSPS) is 11.3. The van der Waals surface area contributed by atoms with Crippen LogP contribution in [-0.2, 0) is 10.0 Å². The first-order valence-electron chi connectivity index (χ1n) is 5.99. The number of benzene rings is 1. The Morgan fingerprint density at radius 3 is 2.59 bits per heavy atom. The van der Waals surface area contributed by atoms with Crippen molar-refractivity contribution in [1.82, 2.24) is 0 Å². The van der Waals surface area contributed by atoms with Crippen molar-refractivity contribution in [2.24, 2.45) is 5.14 Å². The highest BCUT2D eigenvalue weighted by Gasteiger charge is 2.17. The molecule has 0 fully saturated rings. The molecule has 0 unspecified atom stereocenters. The second-order valence-corrected chi connectivity index (χ2v) is 7.56. The van der Waals surface area contributed by atoms with Gasteiger partial charge in [-0.1, -0.05) is 11.6 Å². The number of ether oxygens (including phenoxy) is 1. The maximum atomic E-state index is 12.2. The summed E-state index contributed by atoms with van der Waals surface area (Å²) in [6, 6.07) is 4.49. The summed E-state index contributed by atoms with van der Waals surface area (Å²) in [4.78, 5) is 12.2. The van der Waals surface area contributed by atoms with E-state index in [-0.39, 0.29) is 9.77 Å². The number of carbonyl (C=O) groups excluding carboxylic acids is 1. The van der Waals surface area contributed by atoms with Gasteiger partial charge in [-0.25, -0.2) is 13.6 Å². The highest BCUT2D eigenvalue weighted by Crippen LogP contribution is 2.31. The molecule has 0 atom stereocenters. The number of nitrogens with one attached hydrogen (secondary N) is 1. The van der Waals surface area contributed by atoms with Crippen LogP contribution in [0.3, 0.4) is 0 Å². The molecule has 2 rings (SSSR count). The highest BCUT2D eigenvalue weighted by molar-refractivity contribution is 7.91. The van der Waals surface area contributed by atoms with Crippen molar-refractivity contribution in [2.45, 2.75) is 11.1 Å². The summed E-state index contributed by atoms with van der Waals surface area (Å²) in [7, 11) is -2.36. The molecule has 1 aromatic heterocycles. The molecule has 118 valence electrons. The van der Waals surface area contributed by atoms with Crippen LogP contribution in [0, 0.1) is 6.92 Å². The number of thiophene rings is 1. The van der Waals surface area contributed by atoms with Gasteiger partial charge >= 0.3 is 0 Å². The first-order valence-corrected chi connectivity index (χ1v) is 8.79. The molecule has 22 heavy (non-hydrogen) atoms. The Kier molecular flexibility index (Phi) is 4.76. The molecule has 0 bridgehead atoms. The van der Waals surface area contributed by atoms with E-state index in [0.29, 0.717) is 16.5 Å². The van der Waals surface area contributed by atoms with E-state index < -0.39 is 15.9 Å². The average Bonchev–Trinajstić information content (AvgIpc) is 2.92. The van der Waals surface area contributed by atoms with Gasteiger partial charge in [0.15, 0.2) is 0 Å². The number of nitrogens with two attached hydrogens (primary N) is 1. The number of anilines is 1. The van der Waals surface area contributed by atoms with E-state index in [2.05, 4.69) is 5.32 Å². The van der Waals surface area contributed by atoms with Gasteiger partial charge in [0.1, 0.15) is 9.96 Å². The zero-order chi connectivity index (χ0) is 16.5. The summed E-state index contributed by atoms with van der Waals surface area (Å²) in [5.41, 5.74) is 1.41. The van der Waals surface area contributed by atoms with E-state index in [4.69, 9.17) is 21.5 Å². The van der Waals surface area contributed by atoms with E-state index in [1.54, 1.807) is 19.1 Å². The van der Waals surface area contributed by atoms with Crippen molar-refractivity contribution in [3.8, 4) is 5.75 Å². The quantitative estimate of drug-likeness (QED) is 0.875. The molecule has 1 heterocycles. The molecule has 3 N–H and O–H groups in total. The third-order valence-corrected chi connectivity index (χ3v) is 5.64. The molecular weight excluding hydrogens is 348 g/mol. The van der Waals surface area contributed by atoms with Gasteiger partial charge in [-0.05, 0) is 24.6 Å². The van der Waals surface area contributed by atoms with E-state index in [1.807, 2.05) is 0 Å². The Hall–Kier alpha value is -1.61. The Morgan fingerprint density at radius 2 is 2.05 bits per heavy atom. The summed E-state index contributed by atoms with van der Waals surface area (Å²) in [6.07, 6.45) is 0. The van der Waals surface area contributed by atoms with Crippen LogP contribution >= 0.6 is 22.9 Å². The minimum Gasteiger partial charge on any atom is -0.495 e. The zero-order valence-corrected chi connectivity index (χ0v) is 14.1. The minimum absolute atomic E-state index is 0.0723. The van der Waals surface area contributed by atoms with Crippen LogP contribution < -0.4 is 15.2 Å². The van der Waals surface area contributed by atoms with Gasteiger partial charge in [0, 0.05) is 16.5 Å². The van der Waals surface area contributed by atoms with Gasteiger partial charge in [0.2, 0.25) is 10.0 Å². The number of carbonyl (C=O) groups is 1. The lowest BCUT2D eigenvalue weighted by Gasteiger charge is -2.11. The Morgan fingerprint density at radius 1 is 1.36 bits per heavy atom. The molecule has 2 aromatic rings. The third kappa shape index (κ3) is 3.58. The monoisotopic (exact) mass is 360 g/mol. The van der Waals surface area contributed by atoms with E-state index in [1.165, 1.54) is 18.6 Å². The van der Waals surface area contributed by atoms with Crippen LogP contribution in [0.4, 0.5) is 5.69 Å². The zero-order valence-electron chi connectivity index (χ0n) is 11.7. The van der Waals surface area contributed by atoms with Gasteiger partial charge in [-0.15, -0.1) is 11.3 Å². The lowest BCUT2D eigenvalue weighted by atomic mass is 10.2. The van der Waals surface area contributed by atoms with Crippen LogP contribution in [-0.4, -0.2) is 21.4 Å². The van der Waals surface area contributed by atoms with Crippen LogP contribution in [0.1, 0.15) is 15.9 Å². The number of methoxy groups -OCH3 is 1. The van der Waals surface area contributed by atoms with Crippen LogP contribution in [0.15, 0.2) is 27.8 Å². The number of aryl methyl sites for hydroxylation is 1. The SMILES string of the molecule is COc1cc(Cl)c(C)cc1NC(=O)c1csc(S(N)(=O)=O)c1. The first-order chi connectivity index (χ1) is 10.2. The number of hydrogen-bond acceptors (Lipinski definition) is 5. The first kappa shape index (κ1) is 16.8. The van der Waals surface area contributed by atoms with Crippen molar-refractivity contribution in [1.29, 1.82) is 0 Å². The number of sulfonamides is 1. The predicted molar refractivity (Wildman–Crippen MR) is 86.4 cm³/mol. The maximum Gasteiger partial charge on any atom is 0.256 e. The summed E-state index contributed by atoms with van der Waals surface area (Å²) in [5, 5.41) is 9.62. The lowest BCUT2D eigenvalue weighted by molar-refractivity contribution is 0.102. The summed E-state index contributed by atoms with van der Waals surface area (Å²) in [6.45, 7) is 1.79. The van der Waals surface area contributed by atoms with Gasteiger partial charge in [0.25, 0.3) is 5.91 Å². The molecule has 1 amide bonds. The molecule has 0 aliphatic rings. The predicted octanol–water partition coefficient (Wildman–Crippen LogP) is 2.62. The molecule has 0 saturated carbocycles. The van der Waals surface area contributed by atoms with Crippen molar-refractivity contribution >= 4 is 44.6 Å². The van der Waals surface area contributed by atoms with Gasteiger partial charge in [-0.3, -0.25) is 4.79 Å². The standard InChI is InChI=1S/C13H13ClN2O4S2/c1-7-3-10(11(20-2)5-9(7)14)16-13(17)8-4-12(21-6-8)22(15,18)19/h3-6H,1-2H3,(H,16,17)(H2,15,18,19). The van der Waals surface area contributed by atoms with Crippen molar-refractivity contribution in [2.75, 3.05) is 12.4 Å². The fourth-order valence-corrected chi connectivity index (χ4v) is 3.45. The number of hydrogen-bond donors (Lipinski definition) is 2. The Bertz CT molecular complexity index is 831. The van der Waals surface area contributed by atoms with E-state index in [9.17, 15) is 13.2 Å². The molecule has 6 nitrogen and oxygen atoms in total. The number of rotatable bonds is 4. The largest absolute Gasteiger partial charge is 0.495 e. The van der Waals surface area contributed by atoms with Gasteiger partial charge < -0.3 is 10.1 Å². The molecule has 0 radical (unpaired) electrons. The minimum atomic E-state index is -3.82. The van der Waals surface area contributed by atoms with Crippen LogP contribution in [0.5, 0.6) is 5.75 Å². The molecule has 0 spiro atoms. The second-order valence-electron chi connectivity index (χ2n) is 4.46. The highest BCUT2D eigenvalue weighted by atomic mass is 35.5. The summed E-state index contributed by atoms with van der Waals surface area (Å²) >= 11 is 6.88. The number of primary sulfonamides is 1. The number of halogens is 1. The molecule has 9 heteroatoms. The van der Waals surface area contributed by atoms with E-state index >= 15 is 0 Å². The van der Waals surface area contributed by atoms with Crippen LogP contribution in [0.2, 0.25) is 5.02 Å². The fraction of sp³-hybridized carbons (Fsp3) is 0.154. The maximum absolute atomic E-state index is 12.2. The molecule has 0 saturated heterocycles. The van der Waals surface area contributed by atoms with Crippen molar-refractivity contribution < 1.29 is 17.9 Å². The van der Waals surface area contributed by atoms with Crippen molar-refractivity contribution in [3.63, 3.8) is 0 Å². The Balaban J connectivity index is 2.29. The lowest BCUT2D eigenvalue weighted by Crippen LogP contribution is -2.13. The fourth-order valence-electron chi connectivity index (χ4n) is 1.71. The van der Waals surface area contributed by atoms with Crippen LogP contribution in [0.25, 0.3) is 0 Å². The summed E-state index contributed by atoms with van der Waals surface area (Å²) < 4.78 is 27.6.